The average molecular weight is 402 g/mol. The maximum absolute atomic E-state index is 12.7. The number of hydrogen-bond acceptors (Lipinski definition) is 7. The molecule has 0 spiro atoms. The predicted molar refractivity (Wildman–Crippen MR) is 100 cm³/mol. The third-order valence-electron chi connectivity index (χ3n) is 3.78. The number of nitriles is 1. The first-order chi connectivity index (χ1) is 13.2. The number of pyridine rings is 1. The number of ketones is 1. The molecule has 0 aliphatic carbocycles. The second kappa shape index (κ2) is 8.60. The van der Waals surface area contributed by atoms with Gasteiger partial charge >= 0.3 is 0 Å². The zero-order valence-corrected chi connectivity index (χ0v) is 16.2. The van der Waals surface area contributed by atoms with Gasteiger partial charge in [0.2, 0.25) is 10.0 Å². The number of nitrogens with one attached hydrogen (secondary N) is 1. The van der Waals surface area contributed by atoms with Crippen molar-refractivity contribution in [2.24, 2.45) is 5.92 Å². The van der Waals surface area contributed by atoms with Gasteiger partial charge in [-0.1, -0.05) is 6.07 Å². The van der Waals surface area contributed by atoms with Gasteiger partial charge < -0.3 is 10.1 Å². The van der Waals surface area contributed by atoms with Crippen LogP contribution in [0, 0.1) is 17.2 Å². The van der Waals surface area contributed by atoms with Crippen molar-refractivity contribution >= 4 is 27.5 Å². The van der Waals surface area contributed by atoms with Crippen LogP contribution in [0.2, 0.25) is 0 Å². The Balaban J connectivity index is 2.39. The molecule has 1 amide bonds. The van der Waals surface area contributed by atoms with Crippen LogP contribution in [-0.2, 0) is 14.8 Å². The van der Waals surface area contributed by atoms with Gasteiger partial charge in [0.15, 0.2) is 11.7 Å². The van der Waals surface area contributed by atoms with Crippen molar-refractivity contribution in [1.29, 1.82) is 5.26 Å². The van der Waals surface area contributed by atoms with E-state index in [2.05, 4.69) is 10.3 Å². The SMILES string of the molecule is COc1ccc(C(=O)C(C#N)C(=O)Nc2ccccn2)cc1S(=O)(=O)N(C)C. The zero-order chi connectivity index (χ0) is 20.9. The van der Waals surface area contributed by atoms with Crippen LogP contribution in [0.15, 0.2) is 47.5 Å². The number of anilines is 1. The highest BCUT2D eigenvalue weighted by Crippen LogP contribution is 2.28. The molecule has 1 atom stereocenters. The van der Waals surface area contributed by atoms with E-state index >= 15 is 0 Å². The van der Waals surface area contributed by atoms with Gasteiger partial charge in [-0.05, 0) is 30.3 Å². The van der Waals surface area contributed by atoms with Crippen molar-refractivity contribution in [2.45, 2.75) is 4.90 Å². The van der Waals surface area contributed by atoms with Gasteiger partial charge in [-0.25, -0.2) is 17.7 Å². The number of sulfonamides is 1. The molecule has 0 aliphatic heterocycles. The molecule has 0 aliphatic rings. The second-order valence-electron chi connectivity index (χ2n) is 5.78. The number of benzene rings is 1. The van der Waals surface area contributed by atoms with Crippen LogP contribution in [0.5, 0.6) is 5.75 Å². The maximum Gasteiger partial charge on any atom is 0.250 e. The predicted octanol–water partition coefficient (Wildman–Crippen LogP) is 1.30. The Morgan fingerprint density at radius 1 is 1.25 bits per heavy atom. The first kappa shape index (κ1) is 21.0. The summed E-state index contributed by atoms with van der Waals surface area (Å²) in [6.07, 6.45) is 1.45. The van der Waals surface area contributed by atoms with Crippen LogP contribution < -0.4 is 10.1 Å². The van der Waals surface area contributed by atoms with Gasteiger partial charge in [0, 0.05) is 25.9 Å². The second-order valence-corrected chi connectivity index (χ2v) is 7.90. The minimum atomic E-state index is -3.91. The van der Waals surface area contributed by atoms with Gasteiger partial charge in [-0.15, -0.1) is 0 Å². The summed E-state index contributed by atoms with van der Waals surface area (Å²) in [6.45, 7) is 0. The Hall–Kier alpha value is -3.29. The molecule has 2 rings (SSSR count). The van der Waals surface area contributed by atoms with E-state index in [9.17, 15) is 23.3 Å². The van der Waals surface area contributed by atoms with E-state index < -0.39 is 27.6 Å². The fourth-order valence-electron chi connectivity index (χ4n) is 2.27. The first-order valence-corrected chi connectivity index (χ1v) is 9.42. The Labute approximate surface area is 162 Å². The molecule has 2 aromatic rings. The molecule has 0 saturated carbocycles. The average Bonchev–Trinajstić information content (AvgIpc) is 2.68. The zero-order valence-electron chi connectivity index (χ0n) is 15.4. The fraction of sp³-hybridized carbons (Fsp3) is 0.222. The van der Waals surface area contributed by atoms with Crippen molar-refractivity contribution in [3.05, 3.63) is 48.2 Å². The van der Waals surface area contributed by atoms with E-state index in [1.165, 1.54) is 45.6 Å². The standard InChI is InChI=1S/C18H18N4O5S/c1-22(2)28(25,26)15-10-12(7-8-14(15)27-3)17(23)13(11-19)18(24)21-16-6-4-5-9-20-16/h4-10,13H,1-3H3,(H,20,21,24). The van der Waals surface area contributed by atoms with E-state index in [4.69, 9.17) is 4.74 Å². The molecule has 9 nitrogen and oxygen atoms in total. The summed E-state index contributed by atoms with van der Waals surface area (Å²) in [7, 11) is 0.0513. The topological polar surface area (TPSA) is 129 Å². The number of aromatic nitrogens is 1. The summed E-state index contributed by atoms with van der Waals surface area (Å²) in [5.74, 6) is -3.15. The lowest BCUT2D eigenvalue weighted by atomic mass is 9.98. The molecule has 1 heterocycles. The van der Waals surface area contributed by atoms with Gasteiger partial charge in [0.05, 0.1) is 13.2 Å². The number of carbonyl (C=O) groups is 2. The minimum absolute atomic E-state index is 0.0386. The van der Waals surface area contributed by atoms with E-state index in [0.717, 1.165) is 10.4 Å². The normalized spacial score (nSPS) is 12.1. The van der Waals surface area contributed by atoms with Crippen LogP contribution in [0.4, 0.5) is 5.82 Å². The summed E-state index contributed by atoms with van der Waals surface area (Å²) < 4.78 is 31.0. The van der Waals surface area contributed by atoms with Gasteiger partial charge in [-0.2, -0.15) is 5.26 Å². The third-order valence-corrected chi connectivity index (χ3v) is 5.61. The summed E-state index contributed by atoms with van der Waals surface area (Å²) in [4.78, 5) is 28.7. The molecule has 146 valence electrons. The highest BCUT2D eigenvalue weighted by Gasteiger charge is 2.30. The molecule has 10 heteroatoms. The van der Waals surface area contributed by atoms with Crippen molar-refractivity contribution in [3.63, 3.8) is 0 Å². The number of nitrogens with zero attached hydrogens (tertiary/aromatic N) is 3. The Kier molecular flexibility index (Phi) is 6.45. The molecular weight excluding hydrogens is 384 g/mol. The monoisotopic (exact) mass is 402 g/mol. The molecular formula is C18H18N4O5S. The summed E-state index contributed by atoms with van der Waals surface area (Å²) >= 11 is 0. The molecule has 28 heavy (non-hydrogen) atoms. The highest BCUT2D eigenvalue weighted by molar-refractivity contribution is 7.89. The van der Waals surface area contributed by atoms with Crippen molar-refractivity contribution < 1.29 is 22.7 Å². The van der Waals surface area contributed by atoms with Crippen molar-refractivity contribution in [3.8, 4) is 11.8 Å². The number of rotatable bonds is 7. The highest BCUT2D eigenvalue weighted by atomic mass is 32.2. The molecule has 0 saturated heterocycles. The van der Waals surface area contributed by atoms with E-state index in [1.807, 2.05) is 0 Å². The number of carbonyl (C=O) groups excluding carboxylic acids is 2. The summed E-state index contributed by atoms with van der Waals surface area (Å²) in [5, 5.41) is 11.7. The number of Topliss-reactive ketones (excluding diaryl/α,β-unsaturated/α-hetero) is 1. The lowest BCUT2D eigenvalue weighted by Crippen LogP contribution is -2.29. The largest absolute Gasteiger partial charge is 0.495 e. The number of ether oxygens (including phenoxy) is 1. The summed E-state index contributed by atoms with van der Waals surface area (Å²) in [5.41, 5.74) is -0.107. The molecule has 0 fully saturated rings. The van der Waals surface area contributed by atoms with Crippen LogP contribution in [0.25, 0.3) is 0 Å². The number of hydrogen-bond donors (Lipinski definition) is 1. The first-order valence-electron chi connectivity index (χ1n) is 7.98. The molecule has 0 bridgehead atoms. The molecule has 1 aromatic heterocycles. The Bertz CT molecular complexity index is 1030. The van der Waals surface area contributed by atoms with Gasteiger partial charge in [0.1, 0.15) is 16.5 Å². The quantitative estimate of drug-likeness (QED) is 0.546. The Morgan fingerprint density at radius 3 is 2.50 bits per heavy atom. The third kappa shape index (κ3) is 4.33. The van der Waals surface area contributed by atoms with E-state index in [0.29, 0.717) is 0 Å². The number of methoxy groups -OCH3 is 1. The smallest absolute Gasteiger partial charge is 0.250 e. The Morgan fingerprint density at radius 2 is 1.96 bits per heavy atom. The maximum atomic E-state index is 12.7. The van der Waals surface area contributed by atoms with Crippen LogP contribution in [0.3, 0.4) is 0 Å². The van der Waals surface area contributed by atoms with Crippen LogP contribution in [-0.4, -0.2) is 50.6 Å². The van der Waals surface area contributed by atoms with Gasteiger partial charge in [0.25, 0.3) is 5.91 Å². The van der Waals surface area contributed by atoms with E-state index in [1.54, 1.807) is 18.2 Å². The molecule has 0 radical (unpaired) electrons. The lowest BCUT2D eigenvalue weighted by Gasteiger charge is -2.16. The van der Waals surface area contributed by atoms with E-state index in [-0.39, 0.29) is 22.0 Å². The molecule has 1 N–H and O–H groups in total. The molecule has 1 aromatic carbocycles. The minimum Gasteiger partial charge on any atom is -0.495 e. The van der Waals surface area contributed by atoms with Crippen LogP contribution in [0.1, 0.15) is 10.4 Å². The number of amides is 1. The van der Waals surface area contributed by atoms with Crippen LogP contribution >= 0.6 is 0 Å². The molecule has 1 unspecified atom stereocenters. The van der Waals surface area contributed by atoms with Crippen molar-refractivity contribution in [2.75, 3.05) is 26.5 Å². The fourth-order valence-corrected chi connectivity index (χ4v) is 3.34. The van der Waals surface area contributed by atoms with Crippen molar-refractivity contribution in [1.82, 2.24) is 9.29 Å². The summed E-state index contributed by atoms with van der Waals surface area (Å²) in [6, 6.07) is 10.1. The lowest BCUT2D eigenvalue weighted by molar-refractivity contribution is -0.117. The van der Waals surface area contributed by atoms with Gasteiger partial charge in [-0.3, -0.25) is 9.59 Å².